The number of nitro benzene ring substituents is 1. The van der Waals surface area contributed by atoms with Crippen molar-refractivity contribution in [1.82, 2.24) is 4.72 Å². The minimum absolute atomic E-state index is 0.00335. The SMILES string of the molecule is O=C1CC[C@@H](NS(=O)(=O)c2ccc([N+](=O)[O-])cc2)c2ccccc21. The van der Waals surface area contributed by atoms with Gasteiger partial charge in [-0.15, -0.1) is 0 Å². The van der Waals surface area contributed by atoms with Crippen molar-refractivity contribution in [2.24, 2.45) is 0 Å². The Balaban J connectivity index is 1.89. The third-order valence-corrected chi connectivity index (χ3v) is 5.44. The fraction of sp³-hybridized carbons (Fsp3) is 0.188. The third-order valence-electron chi connectivity index (χ3n) is 3.95. The molecule has 7 nitrogen and oxygen atoms in total. The van der Waals surface area contributed by atoms with Crippen molar-refractivity contribution in [2.45, 2.75) is 23.8 Å². The van der Waals surface area contributed by atoms with Gasteiger partial charge in [0, 0.05) is 30.2 Å². The summed E-state index contributed by atoms with van der Waals surface area (Å²) in [6.07, 6.45) is 0.645. The Hall–Kier alpha value is -2.58. The average Bonchev–Trinajstić information content (AvgIpc) is 2.58. The molecule has 2 aromatic rings. The van der Waals surface area contributed by atoms with Crippen LogP contribution in [0.4, 0.5) is 5.69 Å². The second-order valence-corrected chi connectivity index (χ2v) is 7.19. The number of hydrogen-bond donors (Lipinski definition) is 1. The molecule has 0 spiro atoms. The highest BCUT2D eigenvalue weighted by atomic mass is 32.2. The molecule has 0 unspecified atom stereocenters. The van der Waals surface area contributed by atoms with E-state index in [1.165, 1.54) is 12.1 Å². The predicted octanol–water partition coefficient (Wildman–Crippen LogP) is 2.59. The highest BCUT2D eigenvalue weighted by Gasteiger charge is 2.29. The zero-order chi connectivity index (χ0) is 17.3. The van der Waals surface area contributed by atoms with Gasteiger partial charge in [0.25, 0.3) is 5.69 Å². The van der Waals surface area contributed by atoms with Crippen LogP contribution in [-0.2, 0) is 10.0 Å². The largest absolute Gasteiger partial charge is 0.294 e. The molecule has 3 rings (SSSR count). The minimum Gasteiger partial charge on any atom is -0.294 e. The van der Waals surface area contributed by atoms with Gasteiger partial charge in [-0.25, -0.2) is 13.1 Å². The van der Waals surface area contributed by atoms with Crippen LogP contribution in [0.15, 0.2) is 53.4 Å². The first-order valence-electron chi connectivity index (χ1n) is 7.27. The first kappa shape index (κ1) is 16.3. The molecule has 0 saturated carbocycles. The minimum atomic E-state index is -3.85. The number of benzene rings is 2. The number of nitro groups is 1. The van der Waals surface area contributed by atoms with Crippen LogP contribution in [0.3, 0.4) is 0 Å². The lowest BCUT2D eigenvalue weighted by atomic mass is 9.87. The molecule has 124 valence electrons. The molecule has 0 bridgehead atoms. The van der Waals surface area contributed by atoms with Crippen LogP contribution >= 0.6 is 0 Å². The Morgan fingerprint density at radius 3 is 2.42 bits per heavy atom. The molecule has 1 aliphatic carbocycles. The first-order valence-corrected chi connectivity index (χ1v) is 8.76. The molecule has 1 atom stereocenters. The van der Waals surface area contributed by atoms with Crippen LogP contribution in [-0.4, -0.2) is 19.1 Å². The average molecular weight is 346 g/mol. The smallest absolute Gasteiger partial charge is 0.269 e. The van der Waals surface area contributed by atoms with E-state index < -0.39 is 21.0 Å². The van der Waals surface area contributed by atoms with E-state index in [1.807, 2.05) is 0 Å². The Morgan fingerprint density at radius 1 is 1.08 bits per heavy atom. The number of carbonyl (C=O) groups is 1. The lowest BCUT2D eigenvalue weighted by Crippen LogP contribution is -2.32. The summed E-state index contributed by atoms with van der Waals surface area (Å²) in [6, 6.07) is 11.1. The van der Waals surface area contributed by atoms with Crippen molar-refractivity contribution in [2.75, 3.05) is 0 Å². The maximum Gasteiger partial charge on any atom is 0.269 e. The maximum absolute atomic E-state index is 12.5. The van der Waals surface area contributed by atoms with Crippen LogP contribution in [0.2, 0.25) is 0 Å². The number of ketones is 1. The Bertz CT molecular complexity index is 906. The molecule has 1 aliphatic rings. The number of rotatable bonds is 4. The topological polar surface area (TPSA) is 106 Å². The predicted molar refractivity (Wildman–Crippen MR) is 86.2 cm³/mol. The summed E-state index contributed by atoms with van der Waals surface area (Å²) in [7, 11) is -3.85. The van der Waals surface area contributed by atoms with Gasteiger partial charge in [0.2, 0.25) is 10.0 Å². The van der Waals surface area contributed by atoms with E-state index in [-0.39, 0.29) is 22.8 Å². The molecule has 0 heterocycles. The van der Waals surface area contributed by atoms with Gasteiger partial charge in [-0.3, -0.25) is 14.9 Å². The Morgan fingerprint density at radius 2 is 1.75 bits per heavy atom. The quantitative estimate of drug-likeness (QED) is 0.676. The van der Waals surface area contributed by atoms with Crippen LogP contribution in [0.5, 0.6) is 0 Å². The molecule has 0 aromatic heterocycles. The fourth-order valence-corrected chi connectivity index (χ4v) is 4.00. The van der Waals surface area contributed by atoms with E-state index in [2.05, 4.69) is 4.72 Å². The van der Waals surface area contributed by atoms with E-state index >= 15 is 0 Å². The van der Waals surface area contributed by atoms with E-state index in [9.17, 15) is 23.3 Å². The van der Waals surface area contributed by atoms with Crippen LogP contribution < -0.4 is 4.72 Å². The van der Waals surface area contributed by atoms with Gasteiger partial charge in [0.1, 0.15) is 0 Å². The third kappa shape index (κ3) is 3.06. The van der Waals surface area contributed by atoms with E-state index in [0.717, 1.165) is 12.1 Å². The molecule has 0 fully saturated rings. The summed E-state index contributed by atoms with van der Waals surface area (Å²) in [5.41, 5.74) is 1.00. The highest BCUT2D eigenvalue weighted by Crippen LogP contribution is 2.31. The summed E-state index contributed by atoms with van der Waals surface area (Å²) in [5.74, 6) is -0.00335. The highest BCUT2D eigenvalue weighted by molar-refractivity contribution is 7.89. The Labute approximate surface area is 138 Å². The van der Waals surface area contributed by atoms with Gasteiger partial charge in [-0.1, -0.05) is 24.3 Å². The van der Waals surface area contributed by atoms with Crippen molar-refractivity contribution < 1.29 is 18.1 Å². The number of sulfonamides is 1. The summed E-state index contributed by atoms with van der Waals surface area (Å²) in [5, 5.41) is 10.7. The Kier molecular flexibility index (Phi) is 4.16. The molecule has 2 aromatic carbocycles. The monoisotopic (exact) mass is 346 g/mol. The second kappa shape index (κ2) is 6.14. The van der Waals surface area contributed by atoms with E-state index in [4.69, 9.17) is 0 Å². The van der Waals surface area contributed by atoms with Crippen molar-refractivity contribution in [3.8, 4) is 0 Å². The zero-order valence-corrected chi connectivity index (χ0v) is 13.3. The number of carbonyl (C=O) groups excluding carboxylic acids is 1. The molecule has 0 radical (unpaired) electrons. The summed E-state index contributed by atoms with van der Waals surface area (Å²) in [4.78, 5) is 21.9. The van der Waals surface area contributed by atoms with Crippen LogP contribution in [0.25, 0.3) is 0 Å². The van der Waals surface area contributed by atoms with E-state index in [1.54, 1.807) is 24.3 Å². The molecule has 0 saturated heterocycles. The van der Waals surface area contributed by atoms with Crippen LogP contribution in [0.1, 0.15) is 34.8 Å². The van der Waals surface area contributed by atoms with Crippen molar-refractivity contribution in [3.05, 3.63) is 69.8 Å². The zero-order valence-electron chi connectivity index (χ0n) is 12.5. The lowest BCUT2D eigenvalue weighted by molar-refractivity contribution is -0.384. The summed E-state index contributed by atoms with van der Waals surface area (Å²) < 4.78 is 27.6. The van der Waals surface area contributed by atoms with Crippen LogP contribution in [0, 0.1) is 10.1 Å². The normalized spacial score (nSPS) is 17.3. The fourth-order valence-electron chi connectivity index (χ4n) is 2.75. The summed E-state index contributed by atoms with van der Waals surface area (Å²) >= 11 is 0. The molecule has 1 N–H and O–H groups in total. The first-order chi connectivity index (χ1) is 11.4. The summed E-state index contributed by atoms with van der Waals surface area (Å²) in [6.45, 7) is 0. The maximum atomic E-state index is 12.5. The molecular weight excluding hydrogens is 332 g/mol. The van der Waals surface area contributed by atoms with Gasteiger partial charge in [-0.2, -0.15) is 0 Å². The number of nitrogens with zero attached hydrogens (tertiary/aromatic N) is 1. The van der Waals surface area contributed by atoms with E-state index in [0.29, 0.717) is 17.5 Å². The second-order valence-electron chi connectivity index (χ2n) is 5.47. The lowest BCUT2D eigenvalue weighted by Gasteiger charge is -2.25. The standard InChI is InChI=1S/C16H14N2O5S/c19-16-10-9-15(13-3-1-2-4-14(13)16)17-24(22,23)12-7-5-11(6-8-12)18(20)21/h1-8,15,17H,9-10H2/t15-/m1/s1. The van der Waals surface area contributed by atoms with Crippen molar-refractivity contribution in [3.63, 3.8) is 0 Å². The van der Waals surface area contributed by atoms with Gasteiger partial charge < -0.3 is 0 Å². The molecule has 24 heavy (non-hydrogen) atoms. The molecule has 8 heteroatoms. The number of fused-ring (bicyclic) bond motifs is 1. The van der Waals surface area contributed by atoms with Crippen molar-refractivity contribution in [1.29, 1.82) is 0 Å². The molecular formula is C16H14N2O5S. The molecule has 0 amide bonds. The van der Waals surface area contributed by atoms with Crippen molar-refractivity contribution >= 4 is 21.5 Å². The molecule has 0 aliphatic heterocycles. The number of hydrogen-bond acceptors (Lipinski definition) is 5. The van der Waals surface area contributed by atoms with Gasteiger partial charge >= 0.3 is 0 Å². The van der Waals surface area contributed by atoms with Gasteiger partial charge in [-0.05, 0) is 24.1 Å². The van der Waals surface area contributed by atoms with Gasteiger partial charge in [0.05, 0.1) is 9.82 Å². The number of Topliss-reactive ketones (excluding diaryl/α,β-unsaturated/α-hetero) is 1. The number of nitrogens with one attached hydrogen (secondary N) is 1. The number of non-ortho nitro benzene ring substituents is 1. The van der Waals surface area contributed by atoms with Gasteiger partial charge in [0.15, 0.2) is 5.78 Å².